The molecule has 2 fully saturated rings. The van der Waals surface area contributed by atoms with Gasteiger partial charge in [0.15, 0.2) is 11.7 Å². The summed E-state index contributed by atoms with van der Waals surface area (Å²) in [5, 5.41) is 0.846. The zero-order chi connectivity index (χ0) is 24.4. The first kappa shape index (κ1) is 23.0. The number of ketones is 1. The van der Waals surface area contributed by atoms with Crippen LogP contribution in [0.5, 0.6) is 0 Å². The zero-order valence-corrected chi connectivity index (χ0v) is 19.9. The van der Waals surface area contributed by atoms with Crippen molar-refractivity contribution in [3.05, 3.63) is 65.2 Å². The Morgan fingerprint density at radius 1 is 1.31 bits per heavy atom. The molecule has 8 nitrogen and oxygen atoms in total. The number of benzene rings is 1. The van der Waals surface area contributed by atoms with E-state index < -0.39 is 17.7 Å². The number of aliphatic imine (C=N–C) groups is 1. The number of hydrogen-bond acceptors (Lipinski definition) is 7. The van der Waals surface area contributed by atoms with Crippen LogP contribution < -0.4 is 0 Å². The molecule has 2 aliphatic rings. The second-order valence-corrected chi connectivity index (χ2v) is 8.86. The molecule has 180 valence electrons. The van der Waals surface area contributed by atoms with Crippen LogP contribution in [0.3, 0.4) is 0 Å². The smallest absolute Gasteiger partial charge is 0.326 e. The molecule has 2 saturated heterocycles. The molecule has 0 spiro atoms. The SMILES string of the molecule is CCOC(=O)C1C(=O)/C(=C/c2c[nH]c3ncccc23)OC1=Nc1ccc(CN2CCCC2)cc1C. The Balaban J connectivity index is 1.46. The van der Waals surface area contributed by atoms with Gasteiger partial charge in [0, 0.05) is 29.9 Å². The molecule has 0 saturated carbocycles. The van der Waals surface area contributed by atoms with E-state index in [9.17, 15) is 9.59 Å². The van der Waals surface area contributed by atoms with Gasteiger partial charge in [0.1, 0.15) is 5.65 Å². The Morgan fingerprint density at radius 2 is 2.14 bits per heavy atom. The first-order chi connectivity index (χ1) is 17.0. The molecule has 2 aliphatic heterocycles. The number of likely N-dealkylation sites (tertiary alicyclic amines) is 1. The quantitative estimate of drug-likeness (QED) is 0.326. The van der Waals surface area contributed by atoms with Crippen molar-refractivity contribution in [3.63, 3.8) is 0 Å². The Morgan fingerprint density at radius 3 is 2.91 bits per heavy atom. The van der Waals surface area contributed by atoms with Gasteiger partial charge in [-0.15, -0.1) is 0 Å². The maximum atomic E-state index is 13.2. The number of fused-ring (bicyclic) bond motifs is 1. The Hall–Kier alpha value is -3.78. The molecule has 1 atom stereocenters. The van der Waals surface area contributed by atoms with Gasteiger partial charge >= 0.3 is 5.97 Å². The van der Waals surface area contributed by atoms with Gasteiger partial charge in [-0.1, -0.05) is 12.1 Å². The number of H-pyrrole nitrogens is 1. The number of rotatable bonds is 6. The lowest BCUT2D eigenvalue weighted by molar-refractivity contribution is -0.147. The number of aromatic nitrogens is 2. The molecule has 1 aromatic carbocycles. The van der Waals surface area contributed by atoms with E-state index in [-0.39, 0.29) is 18.3 Å². The highest BCUT2D eigenvalue weighted by Gasteiger charge is 2.44. The van der Waals surface area contributed by atoms with Crippen molar-refractivity contribution in [1.82, 2.24) is 14.9 Å². The fourth-order valence-electron chi connectivity index (χ4n) is 4.59. The molecular formula is C27H28N4O4. The molecule has 4 heterocycles. The Kier molecular flexibility index (Phi) is 6.46. The predicted octanol–water partition coefficient (Wildman–Crippen LogP) is 4.32. The first-order valence-electron chi connectivity index (χ1n) is 12.0. The van der Waals surface area contributed by atoms with Gasteiger partial charge in [0.05, 0.1) is 12.3 Å². The maximum Gasteiger partial charge on any atom is 0.326 e. The average molecular weight is 473 g/mol. The minimum atomic E-state index is -1.23. The van der Waals surface area contributed by atoms with Crippen LogP contribution in [0.1, 0.15) is 36.5 Å². The van der Waals surface area contributed by atoms with Crippen molar-refractivity contribution in [2.24, 2.45) is 10.9 Å². The third-order valence-electron chi connectivity index (χ3n) is 6.36. The van der Waals surface area contributed by atoms with Crippen LogP contribution in [-0.4, -0.2) is 52.2 Å². The standard InChI is InChI=1S/C27H28N4O4/c1-3-34-27(33)23-24(32)22(14-19-15-29-25-20(19)7-6-10-28-25)35-26(23)30-21-9-8-18(13-17(21)2)16-31-11-4-5-12-31/h6-10,13-15,23H,3-5,11-12,16H2,1-2H3,(H,28,29)/b22-14-,30-26?. The zero-order valence-electron chi connectivity index (χ0n) is 19.9. The van der Waals surface area contributed by atoms with Crippen molar-refractivity contribution in [2.45, 2.75) is 33.2 Å². The number of aryl methyl sites for hydroxylation is 1. The highest BCUT2D eigenvalue weighted by Crippen LogP contribution is 2.30. The third kappa shape index (κ3) is 4.74. The summed E-state index contributed by atoms with van der Waals surface area (Å²) < 4.78 is 11.1. The molecule has 1 N–H and O–H groups in total. The van der Waals surface area contributed by atoms with Crippen LogP contribution in [-0.2, 0) is 25.6 Å². The Bertz CT molecular complexity index is 1330. The molecule has 8 heteroatoms. The second-order valence-electron chi connectivity index (χ2n) is 8.86. The van der Waals surface area contributed by atoms with Gasteiger partial charge in [0.2, 0.25) is 11.7 Å². The van der Waals surface area contributed by atoms with E-state index >= 15 is 0 Å². The summed E-state index contributed by atoms with van der Waals surface area (Å²) in [6.45, 7) is 6.99. The minimum Gasteiger partial charge on any atom is -0.465 e. The lowest BCUT2D eigenvalue weighted by Crippen LogP contribution is -2.27. The summed E-state index contributed by atoms with van der Waals surface area (Å²) in [7, 11) is 0. The van der Waals surface area contributed by atoms with Crippen molar-refractivity contribution >= 4 is 40.4 Å². The van der Waals surface area contributed by atoms with Crippen molar-refractivity contribution in [2.75, 3.05) is 19.7 Å². The number of carbonyl (C=O) groups excluding carboxylic acids is 2. The number of nitrogens with zero attached hydrogens (tertiary/aromatic N) is 3. The van der Waals surface area contributed by atoms with E-state index in [0.29, 0.717) is 11.3 Å². The summed E-state index contributed by atoms with van der Waals surface area (Å²) >= 11 is 0. The van der Waals surface area contributed by atoms with Gasteiger partial charge in [-0.2, -0.15) is 0 Å². The fraction of sp³-hybridized carbons (Fsp3) is 0.333. The normalized spacial score (nSPS) is 20.7. The van der Waals surface area contributed by atoms with Crippen molar-refractivity contribution in [1.29, 1.82) is 0 Å². The number of allylic oxidation sites excluding steroid dienone is 1. The highest BCUT2D eigenvalue weighted by molar-refractivity contribution is 6.27. The molecule has 3 aromatic rings. The van der Waals surface area contributed by atoms with E-state index in [1.54, 1.807) is 25.4 Å². The summed E-state index contributed by atoms with van der Waals surface area (Å²) in [5.74, 6) is -2.27. The number of carbonyl (C=O) groups is 2. The highest BCUT2D eigenvalue weighted by atomic mass is 16.5. The molecule has 35 heavy (non-hydrogen) atoms. The maximum absolute atomic E-state index is 13.2. The van der Waals surface area contributed by atoms with Gasteiger partial charge < -0.3 is 14.5 Å². The van der Waals surface area contributed by atoms with Crippen LogP contribution in [0.15, 0.2) is 53.5 Å². The lowest BCUT2D eigenvalue weighted by Gasteiger charge is -2.15. The number of aromatic amines is 1. The van der Waals surface area contributed by atoms with Crippen LogP contribution >= 0.6 is 0 Å². The predicted molar refractivity (Wildman–Crippen MR) is 133 cm³/mol. The van der Waals surface area contributed by atoms with E-state index in [2.05, 4.69) is 25.9 Å². The van der Waals surface area contributed by atoms with Gasteiger partial charge in [-0.25, -0.2) is 9.98 Å². The Labute approximate surface area is 203 Å². The molecular weight excluding hydrogens is 444 g/mol. The number of pyridine rings is 1. The summed E-state index contributed by atoms with van der Waals surface area (Å²) in [5.41, 5.74) is 4.26. The lowest BCUT2D eigenvalue weighted by atomic mass is 10.0. The molecule has 0 bridgehead atoms. The van der Waals surface area contributed by atoms with Crippen LogP contribution in [0.2, 0.25) is 0 Å². The fourth-order valence-corrected chi connectivity index (χ4v) is 4.59. The monoisotopic (exact) mass is 472 g/mol. The number of esters is 1. The first-order valence-corrected chi connectivity index (χ1v) is 12.0. The minimum absolute atomic E-state index is 0.0352. The molecule has 0 aliphatic carbocycles. The molecule has 2 aromatic heterocycles. The van der Waals surface area contributed by atoms with Crippen LogP contribution in [0.4, 0.5) is 5.69 Å². The van der Waals surface area contributed by atoms with Crippen LogP contribution in [0.25, 0.3) is 17.1 Å². The summed E-state index contributed by atoms with van der Waals surface area (Å²) in [6.07, 6.45) is 7.54. The molecule has 5 rings (SSSR count). The van der Waals surface area contributed by atoms with Gasteiger partial charge in [-0.05, 0) is 75.2 Å². The second kappa shape index (κ2) is 9.84. The third-order valence-corrected chi connectivity index (χ3v) is 6.36. The van der Waals surface area contributed by atoms with E-state index in [4.69, 9.17) is 9.47 Å². The van der Waals surface area contributed by atoms with E-state index in [0.717, 1.165) is 36.1 Å². The summed E-state index contributed by atoms with van der Waals surface area (Å²) in [4.78, 5) is 40.3. The topological polar surface area (TPSA) is 96.9 Å². The average Bonchev–Trinajstić information content (AvgIpc) is 3.57. The molecule has 0 radical (unpaired) electrons. The number of nitrogens with one attached hydrogen (secondary N) is 1. The van der Waals surface area contributed by atoms with E-state index in [1.165, 1.54) is 18.4 Å². The number of Topliss-reactive ketones (excluding diaryl/α,β-unsaturated/α-hetero) is 1. The van der Waals surface area contributed by atoms with Crippen molar-refractivity contribution < 1.29 is 19.1 Å². The number of ether oxygens (including phenoxy) is 2. The molecule has 0 amide bonds. The van der Waals surface area contributed by atoms with Gasteiger partial charge in [0.25, 0.3) is 0 Å². The van der Waals surface area contributed by atoms with Crippen molar-refractivity contribution in [3.8, 4) is 0 Å². The van der Waals surface area contributed by atoms with Crippen LogP contribution in [0, 0.1) is 12.8 Å². The molecule has 1 unspecified atom stereocenters. The summed E-state index contributed by atoms with van der Waals surface area (Å²) in [6, 6.07) is 9.77. The van der Waals surface area contributed by atoms with Gasteiger partial charge in [-0.3, -0.25) is 14.5 Å². The largest absolute Gasteiger partial charge is 0.465 e. The number of hydrogen-bond donors (Lipinski definition) is 1. The van der Waals surface area contributed by atoms with E-state index in [1.807, 2.05) is 31.2 Å².